The third kappa shape index (κ3) is 6.73. The van der Waals surface area contributed by atoms with Crippen LogP contribution in [0, 0.1) is 5.82 Å². The van der Waals surface area contributed by atoms with E-state index in [0.29, 0.717) is 37.7 Å². The Morgan fingerprint density at radius 2 is 1.54 bits per heavy atom. The van der Waals surface area contributed by atoms with Crippen LogP contribution in [0.1, 0.15) is 71.4 Å². The number of fused-ring (bicyclic) bond motifs is 1. The van der Waals surface area contributed by atoms with E-state index < -0.39 is 35.5 Å². The van der Waals surface area contributed by atoms with Crippen LogP contribution in [0.4, 0.5) is 15.9 Å². The van der Waals surface area contributed by atoms with Crippen LogP contribution in [-0.2, 0) is 19.7 Å². The van der Waals surface area contributed by atoms with Gasteiger partial charge in [0.1, 0.15) is 30.0 Å². The van der Waals surface area contributed by atoms with Gasteiger partial charge in [0.25, 0.3) is 17.7 Å². The summed E-state index contributed by atoms with van der Waals surface area (Å²) in [7, 11) is 0. The second-order valence-electron chi connectivity index (χ2n) is 14.5. The summed E-state index contributed by atoms with van der Waals surface area (Å²) in [5.41, 5.74) is 2.99. The molecule has 0 radical (unpaired) electrons. The van der Waals surface area contributed by atoms with Crippen molar-refractivity contribution < 1.29 is 37.8 Å². The van der Waals surface area contributed by atoms with Gasteiger partial charge in [0, 0.05) is 49.5 Å². The van der Waals surface area contributed by atoms with Crippen molar-refractivity contribution in [2.24, 2.45) is 0 Å². The third-order valence-corrected chi connectivity index (χ3v) is 10.6. The number of morpholine rings is 1. The number of carbonyl (C=O) groups is 4. The van der Waals surface area contributed by atoms with Crippen LogP contribution >= 0.6 is 0 Å². The summed E-state index contributed by atoms with van der Waals surface area (Å²) in [6.45, 7) is 6.39. The largest absolute Gasteiger partial charge is 0.490 e. The first-order valence-electron chi connectivity index (χ1n) is 18.1. The van der Waals surface area contributed by atoms with E-state index in [1.54, 1.807) is 18.2 Å². The molecule has 0 bridgehead atoms. The molecule has 3 fully saturated rings. The highest BCUT2D eigenvalue weighted by atomic mass is 19.1. The average Bonchev–Trinajstić information content (AvgIpc) is 3.40. The quantitative estimate of drug-likeness (QED) is 0.212. The second-order valence-corrected chi connectivity index (χ2v) is 14.5. The van der Waals surface area contributed by atoms with E-state index in [4.69, 9.17) is 14.2 Å². The van der Waals surface area contributed by atoms with E-state index in [1.165, 1.54) is 6.33 Å². The van der Waals surface area contributed by atoms with Gasteiger partial charge in [-0.2, -0.15) is 9.37 Å². The number of hydrogen-bond acceptors (Lipinski definition) is 11. The number of rotatable bonds is 10. The molecule has 14 heteroatoms. The molecule has 8 rings (SSSR count). The Kier molecular flexibility index (Phi) is 9.22. The molecule has 4 aromatic rings. The van der Waals surface area contributed by atoms with E-state index in [-0.39, 0.29) is 53.2 Å². The van der Waals surface area contributed by atoms with Gasteiger partial charge in [0.15, 0.2) is 5.82 Å². The summed E-state index contributed by atoms with van der Waals surface area (Å²) >= 11 is 0. The van der Waals surface area contributed by atoms with Gasteiger partial charge in [0.05, 0.1) is 24.3 Å². The molecule has 3 aliphatic heterocycles. The third-order valence-electron chi connectivity index (χ3n) is 10.6. The van der Waals surface area contributed by atoms with Gasteiger partial charge in [0.2, 0.25) is 17.6 Å². The fourth-order valence-electron chi connectivity index (χ4n) is 7.35. The van der Waals surface area contributed by atoms with Gasteiger partial charge in [-0.25, -0.2) is 4.98 Å². The van der Waals surface area contributed by atoms with Crippen LogP contribution in [0.2, 0.25) is 0 Å². The number of anilines is 2. The zero-order chi connectivity index (χ0) is 37.6. The zero-order valence-corrected chi connectivity index (χ0v) is 29.8. The van der Waals surface area contributed by atoms with Crippen LogP contribution in [0.15, 0.2) is 73.1 Å². The number of carbonyl (C=O) groups excluding carboxylic acids is 4. The summed E-state index contributed by atoms with van der Waals surface area (Å²) in [6, 6.07) is 19.7. The predicted octanol–water partition coefficient (Wildman–Crippen LogP) is 4.99. The maximum Gasteiger partial charge on any atom is 0.262 e. The number of nitrogens with zero attached hydrogens (tertiary/aromatic N) is 4. The molecule has 1 saturated carbocycles. The number of nitrogens with one attached hydrogen (secondary N) is 2. The van der Waals surface area contributed by atoms with Crippen molar-refractivity contribution in [1.82, 2.24) is 20.2 Å². The first-order chi connectivity index (χ1) is 26.0. The Morgan fingerprint density at radius 1 is 0.870 bits per heavy atom. The lowest BCUT2D eigenvalue weighted by Crippen LogP contribution is -2.54. The molecule has 2 saturated heterocycles. The number of ether oxygens (including phenoxy) is 3. The Hall–Kier alpha value is -5.89. The summed E-state index contributed by atoms with van der Waals surface area (Å²) < 4.78 is 32.7. The Morgan fingerprint density at radius 3 is 2.22 bits per heavy atom. The Labute approximate surface area is 310 Å². The van der Waals surface area contributed by atoms with Crippen molar-refractivity contribution >= 4 is 35.1 Å². The van der Waals surface area contributed by atoms with Gasteiger partial charge < -0.3 is 24.4 Å². The number of amides is 4. The molecule has 13 nitrogen and oxygen atoms in total. The standard InChI is InChI=1S/C40H39FN6O7/c1-40(2,24-5-10-28(11-6-24)54-37-34(41)35(42-22-43-37)46-15-17-52-18-16-46)23-3-8-27(9-4-23)53-29-19-26(20-29)44-25-7-12-30-31(21-25)39(51)47(38(30)50)32-13-14-33(48)45-36(32)49/h3-12,21-22,26,29,32,44H,13-20H2,1-2H3,(H,45,48,49)/t26-,29+,32?. The van der Waals surface area contributed by atoms with E-state index in [0.717, 1.165) is 34.6 Å². The van der Waals surface area contributed by atoms with Gasteiger partial charge >= 0.3 is 0 Å². The lowest BCUT2D eigenvalue weighted by atomic mass is 9.78. The van der Waals surface area contributed by atoms with Crippen LogP contribution in [0.25, 0.3) is 0 Å². The van der Waals surface area contributed by atoms with Gasteiger partial charge in [-0.3, -0.25) is 29.4 Å². The number of imide groups is 2. The minimum absolute atomic E-state index is 0.0132. The maximum absolute atomic E-state index is 15.2. The maximum atomic E-state index is 15.2. The highest BCUT2D eigenvalue weighted by molar-refractivity contribution is 6.23. The first-order valence-corrected chi connectivity index (χ1v) is 18.1. The minimum atomic E-state index is -0.997. The van der Waals surface area contributed by atoms with Crippen molar-refractivity contribution in [2.45, 2.75) is 63.1 Å². The summed E-state index contributed by atoms with van der Waals surface area (Å²) in [4.78, 5) is 61.0. The van der Waals surface area contributed by atoms with Gasteiger partial charge in [-0.05, 0) is 60.0 Å². The predicted molar refractivity (Wildman–Crippen MR) is 194 cm³/mol. The molecule has 2 N–H and O–H groups in total. The Bertz CT molecular complexity index is 2110. The van der Waals surface area contributed by atoms with E-state index in [2.05, 4.69) is 46.6 Å². The van der Waals surface area contributed by atoms with Crippen molar-refractivity contribution in [3.8, 4) is 17.4 Å². The van der Waals surface area contributed by atoms with Crippen molar-refractivity contribution in [2.75, 3.05) is 36.5 Å². The number of hydrogen-bond donors (Lipinski definition) is 2. The molecular weight excluding hydrogens is 695 g/mol. The summed E-state index contributed by atoms with van der Waals surface area (Å²) in [5, 5.41) is 5.64. The van der Waals surface area contributed by atoms with Crippen molar-refractivity contribution in [3.05, 3.63) is 101 Å². The fourth-order valence-corrected chi connectivity index (χ4v) is 7.35. The topological polar surface area (TPSA) is 152 Å². The first kappa shape index (κ1) is 35.2. The molecule has 1 aliphatic carbocycles. The van der Waals surface area contributed by atoms with E-state index in [9.17, 15) is 19.2 Å². The highest BCUT2D eigenvalue weighted by Gasteiger charge is 2.45. The number of piperidine rings is 1. The number of halogens is 1. The van der Waals surface area contributed by atoms with Crippen LogP contribution in [0.3, 0.4) is 0 Å². The van der Waals surface area contributed by atoms with Gasteiger partial charge in [-0.15, -0.1) is 0 Å². The molecule has 54 heavy (non-hydrogen) atoms. The lowest BCUT2D eigenvalue weighted by Gasteiger charge is -2.36. The molecular formula is C40H39FN6O7. The Balaban J connectivity index is 0.839. The number of aromatic nitrogens is 2. The molecule has 4 amide bonds. The molecule has 1 unspecified atom stereocenters. The van der Waals surface area contributed by atoms with Crippen molar-refractivity contribution in [1.29, 1.82) is 0 Å². The molecule has 1 atom stereocenters. The fraction of sp³-hybridized carbons (Fsp3) is 0.350. The normalized spacial score (nSPS) is 21.4. The number of benzene rings is 3. The smallest absolute Gasteiger partial charge is 0.262 e. The van der Waals surface area contributed by atoms with E-state index in [1.807, 2.05) is 41.3 Å². The van der Waals surface area contributed by atoms with Crippen LogP contribution in [0.5, 0.6) is 17.4 Å². The van der Waals surface area contributed by atoms with Crippen molar-refractivity contribution in [3.63, 3.8) is 0 Å². The monoisotopic (exact) mass is 734 g/mol. The summed E-state index contributed by atoms with van der Waals surface area (Å²) in [6.07, 6.45) is 3.01. The SMILES string of the molecule is CC(C)(c1ccc(Oc2ncnc(N3CCOCC3)c2F)cc1)c1ccc(O[C@H]2C[C@@H](Nc3ccc4c(c3)C(=O)N(C3CCC(=O)NC3=O)C4=O)C2)cc1. The highest BCUT2D eigenvalue weighted by Crippen LogP contribution is 2.37. The molecule has 278 valence electrons. The lowest BCUT2D eigenvalue weighted by molar-refractivity contribution is -0.136. The van der Waals surface area contributed by atoms with Crippen LogP contribution in [-0.4, -0.2) is 83.0 Å². The molecule has 1 aromatic heterocycles. The summed E-state index contributed by atoms with van der Waals surface area (Å²) in [5.74, 6) is -1.39. The van der Waals surface area contributed by atoms with Gasteiger partial charge in [-0.1, -0.05) is 38.1 Å². The van der Waals surface area contributed by atoms with Crippen LogP contribution < -0.4 is 25.0 Å². The molecule has 3 aromatic carbocycles. The molecule has 0 spiro atoms. The second kappa shape index (κ2) is 14.2. The molecule has 4 heterocycles. The minimum Gasteiger partial charge on any atom is -0.490 e. The molecule has 4 aliphatic rings. The van der Waals surface area contributed by atoms with E-state index >= 15 is 4.39 Å². The average molecular weight is 735 g/mol. The zero-order valence-electron chi connectivity index (χ0n) is 29.8.